The van der Waals surface area contributed by atoms with Crippen LogP contribution in [0.5, 0.6) is 0 Å². The zero-order valence-electron chi connectivity index (χ0n) is 14.6. The standard InChI is InChI=1S/C19H21N3O2S/c1-12-6-4-5-7-15(12)10-20-16(23)8-9-22-11-21-18-17(19(22)24)13(2)14(3)25-18/h4-7,11H,8-10H2,1-3H3,(H,20,23). The SMILES string of the molecule is Cc1ccccc1CNC(=O)CCn1cnc2sc(C)c(C)c2c1=O. The Morgan fingerprint density at radius 2 is 2.00 bits per heavy atom. The highest BCUT2D eigenvalue weighted by atomic mass is 32.1. The van der Waals surface area contributed by atoms with Gasteiger partial charge in [-0.05, 0) is 37.5 Å². The zero-order valence-corrected chi connectivity index (χ0v) is 15.4. The summed E-state index contributed by atoms with van der Waals surface area (Å²) < 4.78 is 1.52. The van der Waals surface area contributed by atoms with Crippen LogP contribution in [0.3, 0.4) is 0 Å². The summed E-state index contributed by atoms with van der Waals surface area (Å²) in [6.45, 7) is 6.78. The summed E-state index contributed by atoms with van der Waals surface area (Å²) in [4.78, 5) is 30.9. The van der Waals surface area contributed by atoms with Gasteiger partial charge < -0.3 is 5.32 Å². The molecule has 0 aliphatic heterocycles. The quantitative estimate of drug-likeness (QED) is 0.765. The number of rotatable bonds is 5. The average molecular weight is 355 g/mol. The molecule has 130 valence electrons. The number of fused-ring (bicyclic) bond motifs is 1. The molecule has 0 atom stereocenters. The lowest BCUT2D eigenvalue weighted by atomic mass is 10.1. The Morgan fingerprint density at radius 1 is 1.24 bits per heavy atom. The van der Waals surface area contributed by atoms with Crippen molar-refractivity contribution in [2.75, 3.05) is 0 Å². The molecule has 25 heavy (non-hydrogen) atoms. The van der Waals surface area contributed by atoms with Crippen molar-refractivity contribution < 1.29 is 4.79 Å². The third-order valence-electron chi connectivity index (χ3n) is 4.47. The predicted octanol–water partition coefficient (Wildman–Crippen LogP) is 3.09. The Bertz CT molecular complexity index is 988. The van der Waals surface area contributed by atoms with Gasteiger partial charge >= 0.3 is 0 Å². The molecule has 0 saturated heterocycles. The van der Waals surface area contributed by atoms with Gasteiger partial charge in [0.1, 0.15) is 4.83 Å². The number of benzene rings is 1. The van der Waals surface area contributed by atoms with Gasteiger partial charge in [-0.2, -0.15) is 0 Å². The monoisotopic (exact) mass is 355 g/mol. The fourth-order valence-corrected chi connectivity index (χ4v) is 3.73. The largest absolute Gasteiger partial charge is 0.352 e. The highest BCUT2D eigenvalue weighted by Crippen LogP contribution is 2.25. The summed E-state index contributed by atoms with van der Waals surface area (Å²) in [7, 11) is 0. The highest BCUT2D eigenvalue weighted by Gasteiger charge is 2.12. The van der Waals surface area contributed by atoms with Crippen molar-refractivity contribution in [1.82, 2.24) is 14.9 Å². The van der Waals surface area contributed by atoms with Crippen molar-refractivity contribution in [3.05, 3.63) is 62.5 Å². The molecular weight excluding hydrogens is 334 g/mol. The summed E-state index contributed by atoms with van der Waals surface area (Å²) in [5.74, 6) is -0.0755. The number of hydrogen-bond donors (Lipinski definition) is 1. The molecule has 3 aromatic rings. The van der Waals surface area contributed by atoms with Gasteiger partial charge in [-0.25, -0.2) is 4.98 Å². The maximum atomic E-state index is 12.6. The Balaban J connectivity index is 1.65. The highest BCUT2D eigenvalue weighted by molar-refractivity contribution is 7.18. The normalized spacial score (nSPS) is 11.0. The van der Waals surface area contributed by atoms with Gasteiger partial charge in [0.25, 0.3) is 5.56 Å². The van der Waals surface area contributed by atoms with Crippen molar-refractivity contribution in [3.8, 4) is 0 Å². The Hall–Kier alpha value is -2.47. The third-order valence-corrected chi connectivity index (χ3v) is 5.59. The molecule has 3 rings (SSSR count). The van der Waals surface area contributed by atoms with E-state index in [0.29, 0.717) is 18.5 Å². The van der Waals surface area contributed by atoms with Crippen LogP contribution in [0.25, 0.3) is 10.2 Å². The third kappa shape index (κ3) is 3.64. The number of nitrogens with one attached hydrogen (secondary N) is 1. The lowest BCUT2D eigenvalue weighted by Gasteiger charge is -2.09. The van der Waals surface area contributed by atoms with Gasteiger partial charge in [0, 0.05) is 24.4 Å². The van der Waals surface area contributed by atoms with Crippen LogP contribution in [0.4, 0.5) is 0 Å². The van der Waals surface area contributed by atoms with E-state index in [0.717, 1.165) is 26.4 Å². The van der Waals surface area contributed by atoms with Gasteiger partial charge in [-0.3, -0.25) is 14.2 Å². The maximum absolute atomic E-state index is 12.6. The number of amides is 1. The van der Waals surface area contributed by atoms with E-state index < -0.39 is 0 Å². The van der Waals surface area contributed by atoms with Crippen molar-refractivity contribution in [2.24, 2.45) is 0 Å². The van der Waals surface area contributed by atoms with Crippen LogP contribution in [0.2, 0.25) is 0 Å². The van der Waals surface area contributed by atoms with E-state index >= 15 is 0 Å². The van der Waals surface area contributed by atoms with E-state index in [1.54, 1.807) is 0 Å². The molecule has 0 saturated carbocycles. The predicted molar refractivity (Wildman–Crippen MR) is 101 cm³/mol. The molecule has 0 bridgehead atoms. The molecule has 0 spiro atoms. The molecule has 0 unspecified atom stereocenters. The molecular formula is C19H21N3O2S. The number of carbonyl (C=O) groups is 1. The van der Waals surface area contributed by atoms with Crippen LogP contribution in [-0.2, 0) is 17.9 Å². The maximum Gasteiger partial charge on any atom is 0.262 e. The van der Waals surface area contributed by atoms with E-state index in [9.17, 15) is 9.59 Å². The first-order valence-corrected chi connectivity index (χ1v) is 9.05. The second kappa shape index (κ2) is 7.19. The Morgan fingerprint density at radius 3 is 2.76 bits per heavy atom. The van der Waals surface area contributed by atoms with Crippen LogP contribution < -0.4 is 10.9 Å². The van der Waals surface area contributed by atoms with E-state index in [4.69, 9.17) is 0 Å². The zero-order chi connectivity index (χ0) is 18.0. The first-order chi connectivity index (χ1) is 12.0. The second-order valence-corrected chi connectivity index (χ2v) is 7.36. The lowest BCUT2D eigenvalue weighted by Crippen LogP contribution is -2.27. The first kappa shape index (κ1) is 17.4. The van der Waals surface area contributed by atoms with Gasteiger partial charge in [0.15, 0.2) is 0 Å². The molecule has 6 heteroatoms. The van der Waals surface area contributed by atoms with Crippen LogP contribution in [0, 0.1) is 20.8 Å². The number of aromatic nitrogens is 2. The molecule has 2 heterocycles. The number of thiophene rings is 1. The van der Waals surface area contributed by atoms with Crippen LogP contribution in [-0.4, -0.2) is 15.5 Å². The van der Waals surface area contributed by atoms with Gasteiger partial charge in [-0.15, -0.1) is 11.3 Å². The number of aryl methyl sites for hydroxylation is 4. The fraction of sp³-hybridized carbons (Fsp3) is 0.316. The number of nitrogens with zero attached hydrogens (tertiary/aromatic N) is 2. The molecule has 1 N–H and O–H groups in total. The molecule has 1 amide bonds. The number of hydrogen-bond acceptors (Lipinski definition) is 4. The molecule has 5 nitrogen and oxygen atoms in total. The minimum Gasteiger partial charge on any atom is -0.352 e. The summed E-state index contributed by atoms with van der Waals surface area (Å²) in [5.41, 5.74) is 3.16. The Labute approximate surface area is 150 Å². The van der Waals surface area contributed by atoms with Crippen molar-refractivity contribution in [3.63, 3.8) is 0 Å². The van der Waals surface area contributed by atoms with Gasteiger partial charge in [0.2, 0.25) is 5.91 Å². The first-order valence-electron chi connectivity index (χ1n) is 8.23. The Kier molecular flexibility index (Phi) is 4.99. The van der Waals surface area contributed by atoms with Crippen molar-refractivity contribution in [1.29, 1.82) is 0 Å². The van der Waals surface area contributed by atoms with Crippen LogP contribution >= 0.6 is 11.3 Å². The topological polar surface area (TPSA) is 64.0 Å². The van der Waals surface area contributed by atoms with Crippen molar-refractivity contribution >= 4 is 27.5 Å². The van der Waals surface area contributed by atoms with E-state index in [1.165, 1.54) is 22.2 Å². The molecule has 1 aromatic carbocycles. The molecule has 0 aliphatic rings. The fourth-order valence-electron chi connectivity index (χ4n) is 2.74. The smallest absolute Gasteiger partial charge is 0.262 e. The minimum absolute atomic E-state index is 0.0708. The number of carbonyl (C=O) groups excluding carboxylic acids is 1. The molecule has 0 radical (unpaired) electrons. The van der Waals surface area contributed by atoms with E-state index in [2.05, 4.69) is 10.3 Å². The van der Waals surface area contributed by atoms with Gasteiger partial charge in [0.05, 0.1) is 11.7 Å². The van der Waals surface area contributed by atoms with Gasteiger partial charge in [-0.1, -0.05) is 24.3 Å². The van der Waals surface area contributed by atoms with E-state index in [1.807, 2.05) is 45.0 Å². The second-order valence-electron chi connectivity index (χ2n) is 6.16. The average Bonchev–Trinajstić information content (AvgIpc) is 2.88. The molecule has 0 aliphatic carbocycles. The summed E-state index contributed by atoms with van der Waals surface area (Å²) >= 11 is 1.53. The summed E-state index contributed by atoms with van der Waals surface area (Å²) in [6, 6.07) is 7.96. The minimum atomic E-state index is -0.0755. The van der Waals surface area contributed by atoms with Crippen molar-refractivity contribution in [2.45, 2.75) is 40.3 Å². The summed E-state index contributed by atoms with van der Waals surface area (Å²) in [6.07, 6.45) is 1.79. The summed E-state index contributed by atoms with van der Waals surface area (Å²) in [5, 5.41) is 3.58. The van der Waals surface area contributed by atoms with Crippen LogP contribution in [0.15, 0.2) is 35.4 Å². The van der Waals surface area contributed by atoms with E-state index in [-0.39, 0.29) is 17.9 Å². The lowest BCUT2D eigenvalue weighted by molar-refractivity contribution is -0.121. The molecule has 2 aromatic heterocycles. The van der Waals surface area contributed by atoms with Crippen LogP contribution in [0.1, 0.15) is 28.0 Å². The molecule has 0 fully saturated rings.